The van der Waals surface area contributed by atoms with Crippen LogP contribution in [0.5, 0.6) is 0 Å². The van der Waals surface area contributed by atoms with Gasteiger partial charge in [-0.05, 0) is 11.6 Å². The van der Waals surface area contributed by atoms with Gasteiger partial charge in [0.2, 0.25) is 0 Å². The Morgan fingerprint density at radius 2 is 1.28 bits per heavy atom. The second-order valence-electron chi connectivity index (χ2n) is 3.69. The molecule has 0 radical (unpaired) electrons. The summed E-state index contributed by atoms with van der Waals surface area (Å²) in [5.41, 5.74) is -6.32. The first-order valence-corrected chi connectivity index (χ1v) is 9.25. The number of hydrogen-bond donors (Lipinski definition) is 0. The van der Waals surface area contributed by atoms with E-state index in [2.05, 4.69) is 31.6 Å². The zero-order valence-corrected chi connectivity index (χ0v) is 13.9. The molecule has 156 valence electrons. The van der Waals surface area contributed by atoms with Crippen molar-refractivity contribution in [2.45, 2.75) is 22.7 Å². The molecule has 0 fully saturated rings. The van der Waals surface area contributed by atoms with Crippen molar-refractivity contribution >= 4 is 42.7 Å². The monoisotopic (exact) mass is 486 g/mol. The van der Waals surface area contributed by atoms with E-state index in [-0.39, 0.29) is 0 Å². The topological polar surface area (TPSA) is 27.7 Å². The van der Waals surface area contributed by atoms with Crippen molar-refractivity contribution in [2.75, 3.05) is 12.7 Å². The fourth-order valence-corrected chi connectivity index (χ4v) is 5.97. The van der Waals surface area contributed by atoms with Crippen molar-refractivity contribution in [3.8, 4) is 0 Å². The van der Waals surface area contributed by atoms with Gasteiger partial charge in [-0.2, -0.15) is 30.7 Å². The molecule has 0 saturated carbocycles. The molecule has 0 atom stereocenters. The highest BCUT2D eigenvalue weighted by atomic mass is 35.5. The van der Waals surface area contributed by atoms with Gasteiger partial charge >= 0.3 is 22.7 Å². The van der Waals surface area contributed by atoms with E-state index in [1.54, 1.807) is 0 Å². The molecule has 0 aromatic rings. The van der Waals surface area contributed by atoms with Gasteiger partial charge in [-0.15, -0.1) is 13.2 Å². The van der Waals surface area contributed by atoms with Crippen LogP contribution in [0.3, 0.4) is 0 Å². The smallest absolute Gasteiger partial charge is 0.243 e. The van der Waals surface area contributed by atoms with Gasteiger partial charge in [0.15, 0.2) is 6.61 Å². The maximum absolute atomic E-state index is 14.6. The molecule has 0 aliphatic rings. The maximum Gasteiger partial charge on any atom is 0.527 e. The molecule has 0 amide bonds. The normalized spacial score (nSPS) is 18.0. The Morgan fingerprint density at radius 1 is 0.840 bits per heavy atom. The van der Waals surface area contributed by atoms with Gasteiger partial charge in [-0.25, -0.2) is 13.1 Å². The first-order valence-electron chi connectivity index (χ1n) is 4.90. The van der Waals surface area contributed by atoms with Crippen LogP contribution in [0.15, 0.2) is 0 Å². The molecule has 0 aromatic carbocycles. The molecule has 0 bridgehead atoms. The van der Waals surface area contributed by atoms with Gasteiger partial charge < -0.3 is 0 Å². The standard InChI is InChI=1S/C6H4Cl2F12O3S2/c7-2-22-25(19,20,4(8,12)13,21-1-3(9,10)11)24-6(17,18)23-5(14,15)16/h1-2H2. The van der Waals surface area contributed by atoms with Gasteiger partial charge in [0.05, 0.1) is 0 Å². The van der Waals surface area contributed by atoms with Gasteiger partial charge in [-0.3, -0.25) is 0 Å². The summed E-state index contributed by atoms with van der Waals surface area (Å²) < 4.78 is 154. The van der Waals surface area contributed by atoms with Gasteiger partial charge in [0.1, 0.15) is 16.9 Å². The minimum absolute atomic E-state index is 1.89. The van der Waals surface area contributed by atoms with E-state index in [1.807, 2.05) is 4.74 Å². The lowest BCUT2D eigenvalue weighted by atomic mass is 10.7. The highest BCUT2D eigenvalue weighted by Crippen LogP contribution is 3.09. The first kappa shape index (κ1) is 25.3. The predicted molar refractivity (Wildman–Crippen MR) is 64.1 cm³/mol. The van der Waals surface area contributed by atoms with E-state index in [0.717, 1.165) is 0 Å². The summed E-state index contributed by atoms with van der Waals surface area (Å²) in [4.78, 5) is 0. The zero-order chi connectivity index (χ0) is 20.7. The van der Waals surface area contributed by atoms with Crippen LogP contribution in [0.1, 0.15) is 0 Å². The van der Waals surface area contributed by atoms with Crippen LogP contribution in [0, 0.1) is 0 Å². The van der Waals surface area contributed by atoms with Crippen LogP contribution in [0.2, 0.25) is 0 Å². The summed E-state index contributed by atoms with van der Waals surface area (Å²) in [6, 6.07) is -2.22. The summed E-state index contributed by atoms with van der Waals surface area (Å²) in [5.74, 6) is 0. The quantitative estimate of drug-likeness (QED) is 0.163. The van der Waals surface area contributed by atoms with Crippen LogP contribution in [-0.4, -0.2) is 35.4 Å². The summed E-state index contributed by atoms with van der Waals surface area (Å²) in [7, 11) is -13.3. The maximum atomic E-state index is 14.6. The third-order valence-corrected chi connectivity index (χ3v) is 8.77. The van der Waals surface area contributed by atoms with Crippen LogP contribution >= 0.6 is 42.7 Å². The third kappa shape index (κ3) is 6.17. The second kappa shape index (κ2) is 6.44. The molecule has 0 unspecified atom stereocenters. The third-order valence-electron chi connectivity index (χ3n) is 1.72. The molecule has 25 heavy (non-hydrogen) atoms. The highest BCUT2D eigenvalue weighted by molar-refractivity contribution is 9.05. The van der Waals surface area contributed by atoms with Crippen LogP contribution in [0.25, 0.3) is 0 Å². The molecular weight excluding hydrogens is 483 g/mol. The molecule has 0 saturated heterocycles. The van der Waals surface area contributed by atoms with Crippen LogP contribution in [0.4, 0.5) is 51.7 Å². The van der Waals surface area contributed by atoms with Crippen molar-refractivity contribution in [3.63, 3.8) is 0 Å². The molecule has 3 nitrogen and oxygen atoms in total. The minimum Gasteiger partial charge on any atom is -0.243 e. The second-order valence-corrected chi connectivity index (χ2v) is 10.9. The van der Waals surface area contributed by atoms with E-state index >= 15 is 0 Å². The lowest BCUT2D eigenvalue weighted by molar-refractivity contribution is -0.394. The predicted octanol–water partition coefficient (Wildman–Crippen LogP) is 6.78. The van der Waals surface area contributed by atoms with E-state index < -0.39 is 54.8 Å². The van der Waals surface area contributed by atoms with E-state index in [4.69, 9.17) is 0 Å². The first-order chi connectivity index (χ1) is 10.5. The summed E-state index contributed by atoms with van der Waals surface area (Å²) in [5, 5.41) is 0. The molecule has 0 aliphatic carbocycles. The average Bonchev–Trinajstić information content (AvgIpc) is 2.19. The van der Waals surface area contributed by atoms with Gasteiger partial charge in [0, 0.05) is 8.66 Å². The van der Waals surface area contributed by atoms with Crippen LogP contribution < -0.4 is 0 Å². The molecule has 0 spiro atoms. The van der Waals surface area contributed by atoms with Gasteiger partial charge in [-0.1, -0.05) is 19.4 Å². The Balaban J connectivity index is 6.32. The Labute approximate surface area is 143 Å². The molecule has 0 aliphatic heterocycles. The highest BCUT2D eigenvalue weighted by Gasteiger charge is 2.81. The van der Waals surface area contributed by atoms with Crippen molar-refractivity contribution in [2.24, 2.45) is 0 Å². The summed E-state index contributed by atoms with van der Waals surface area (Å²) >= 11 is 8.46. The average molecular weight is 487 g/mol. The molecule has 0 aromatic heterocycles. The van der Waals surface area contributed by atoms with Crippen LogP contribution in [-0.2, 0) is 13.1 Å². The Bertz CT molecular complexity index is 503. The summed E-state index contributed by atoms with van der Waals surface area (Å²) in [6.07, 6.45) is -12.2. The van der Waals surface area contributed by atoms with Gasteiger partial charge in [0.25, 0.3) is 0 Å². The fourth-order valence-electron chi connectivity index (χ4n) is 0.897. The Hall–Kier alpha value is 0.320. The van der Waals surface area contributed by atoms with Crippen molar-refractivity contribution in [3.05, 3.63) is 0 Å². The zero-order valence-electron chi connectivity index (χ0n) is 10.7. The lowest BCUT2D eigenvalue weighted by Crippen LogP contribution is -2.46. The van der Waals surface area contributed by atoms with E-state index in [1.165, 1.54) is 0 Å². The Morgan fingerprint density at radius 3 is 1.56 bits per heavy atom. The molecule has 19 heteroatoms. The molecule has 0 rings (SSSR count). The lowest BCUT2D eigenvalue weighted by Gasteiger charge is -2.68. The van der Waals surface area contributed by atoms with E-state index in [0.29, 0.717) is 0 Å². The van der Waals surface area contributed by atoms with E-state index in [9.17, 15) is 51.7 Å². The number of ether oxygens (including phenoxy) is 1. The Kier molecular flexibility index (Phi) is 6.52. The largest absolute Gasteiger partial charge is 0.527 e. The van der Waals surface area contributed by atoms with Crippen molar-refractivity contribution in [1.29, 1.82) is 0 Å². The molecule has 0 N–H and O–H groups in total. The number of rotatable bonds is 8. The van der Waals surface area contributed by atoms with Crippen molar-refractivity contribution in [1.82, 2.24) is 0 Å². The number of halogens is 14. The molecule has 0 heterocycles. The number of hydrogen-bond acceptors (Lipinski definition) is 4. The fraction of sp³-hybridized carbons (Fsp3) is 1.00. The number of alkyl halides is 12. The SMILES string of the molecule is FC(F)(F)COS(F)(F)(OCCl)(SC(F)(F)OC(F)(F)F)C(F)(F)Cl. The summed E-state index contributed by atoms with van der Waals surface area (Å²) in [6.45, 7) is -3.35. The minimum atomic E-state index is -10.2. The molecular formula is C6H4Cl2F12O3S2. The van der Waals surface area contributed by atoms with Crippen molar-refractivity contribution < 1.29 is 64.8 Å².